The zero-order valence-corrected chi connectivity index (χ0v) is 14.4. The van der Waals surface area contributed by atoms with E-state index in [9.17, 15) is 14.4 Å². The number of carbonyl (C=O) groups excluding carboxylic acids is 3. The van der Waals surface area contributed by atoms with Gasteiger partial charge in [-0.3, -0.25) is 14.4 Å². The van der Waals surface area contributed by atoms with Gasteiger partial charge in [-0.1, -0.05) is 13.3 Å². The molecule has 2 aliphatic heterocycles. The Labute approximate surface area is 146 Å². The fourth-order valence-electron chi connectivity index (χ4n) is 3.04. The van der Waals surface area contributed by atoms with Gasteiger partial charge in [-0.15, -0.1) is 0 Å². The number of amides is 3. The smallest absolute Gasteiger partial charge is 0.262 e. The van der Waals surface area contributed by atoms with Gasteiger partial charge in [-0.25, -0.2) is 0 Å². The van der Waals surface area contributed by atoms with Gasteiger partial charge in [0.25, 0.3) is 11.8 Å². The molecule has 0 aromatic heterocycles. The lowest BCUT2D eigenvalue weighted by molar-refractivity contribution is -0.132. The zero-order valence-electron chi connectivity index (χ0n) is 14.4. The molecule has 1 N–H and O–H groups in total. The molecule has 1 fully saturated rings. The molecule has 1 saturated heterocycles. The summed E-state index contributed by atoms with van der Waals surface area (Å²) >= 11 is 0. The molecule has 3 amide bonds. The Morgan fingerprint density at radius 3 is 2.60 bits per heavy atom. The fraction of sp³-hybridized carbons (Fsp3) is 0.500. The molecule has 0 spiro atoms. The number of fused-ring (bicyclic) bond motifs is 1. The molecule has 25 heavy (non-hydrogen) atoms. The molecule has 2 heterocycles. The summed E-state index contributed by atoms with van der Waals surface area (Å²) in [4.78, 5) is 39.7. The average Bonchev–Trinajstić information content (AvgIpc) is 2.65. The molecule has 0 atom stereocenters. The number of nitrogens with zero attached hydrogens (tertiary/aromatic N) is 2. The third kappa shape index (κ3) is 3.92. The summed E-state index contributed by atoms with van der Waals surface area (Å²) in [7, 11) is 0. The predicted octanol–water partition coefficient (Wildman–Crippen LogP) is 1.49. The normalized spacial score (nSPS) is 16.8. The highest BCUT2D eigenvalue weighted by Crippen LogP contribution is 2.29. The highest BCUT2D eigenvalue weighted by atomic mass is 16.5. The van der Waals surface area contributed by atoms with Crippen molar-refractivity contribution in [3.8, 4) is 5.75 Å². The van der Waals surface area contributed by atoms with Crippen LogP contribution >= 0.6 is 0 Å². The fourth-order valence-corrected chi connectivity index (χ4v) is 3.04. The van der Waals surface area contributed by atoms with Gasteiger partial charge in [0.05, 0.1) is 5.69 Å². The number of rotatable bonds is 4. The van der Waals surface area contributed by atoms with Crippen LogP contribution in [-0.4, -0.2) is 60.3 Å². The molecule has 0 unspecified atom stereocenters. The third-order valence-corrected chi connectivity index (χ3v) is 4.52. The van der Waals surface area contributed by atoms with E-state index in [1.807, 2.05) is 4.90 Å². The minimum absolute atomic E-state index is 0.00564. The molecule has 134 valence electrons. The molecule has 0 bridgehead atoms. The number of unbranched alkanes of at least 4 members (excludes halogenated alkanes) is 1. The molecule has 2 aliphatic rings. The summed E-state index contributed by atoms with van der Waals surface area (Å²) in [6.07, 6.45) is 2.48. The van der Waals surface area contributed by atoms with Crippen LogP contribution in [0.25, 0.3) is 0 Å². The monoisotopic (exact) mass is 345 g/mol. The lowest BCUT2D eigenvalue weighted by Crippen LogP contribution is -2.50. The van der Waals surface area contributed by atoms with Crippen molar-refractivity contribution in [1.82, 2.24) is 9.80 Å². The van der Waals surface area contributed by atoms with Gasteiger partial charge in [0.15, 0.2) is 6.61 Å². The number of nitrogens with one attached hydrogen (secondary N) is 1. The first-order valence-corrected chi connectivity index (χ1v) is 8.72. The predicted molar refractivity (Wildman–Crippen MR) is 92.6 cm³/mol. The molecule has 7 nitrogen and oxygen atoms in total. The van der Waals surface area contributed by atoms with Crippen molar-refractivity contribution in [3.05, 3.63) is 23.8 Å². The van der Waals surface area contributed by atoms with E-state index in [1.54, 1.807) is 23.1 Å². The number of ether oxygens (including phenoxy) is 1. The summed E-state index contributed by atoms with van der Waals surface area (Å²) in [5.41, 5.74) is 1.03. The van der Waals surface area contributed by atoms with Gasteiger partial charge < -0.3 is 19.9 Å². The third-order valence-electron chi connectivity index (χ3n) is 4.52. The molecule has 0 radical (unpaired) electrons. The van der Waals surface area contributed by atoms with E-state index >= 15 is 0 Å². The number of hydrogen-bond donors (Lipinski definition) is 1. The van der Waals surface area contributed by atoms with Crippen LogP contribution in [0.15, 0.2) is 18.2 Å². The average molecular weight is 345 g/mol. The van der Waals surface area contributed by atoms with E-state index in [1.165, 1.54) is 0 Å². The van der Waals surface area contributed by atoms with Crippen molar-refractivity contribution in [2.45, 2.75) is 26.2 Å². The summed E-state index contributed by atoms with van der Waals surface area (Å²) in [5, 5.41) is 2.71. The Kier molecular flexibility index (Phi) is 5.21. The molecule has 7 heteroatoms. The maximum Gasteiger partial charge on any atom is 0.262 e. The van der Waals surface area contributed by atoms with E-state index in [2.05, 4.69) is 12.2 Å². The Bertz CT molecular complexity index is 681. The maximum atomic E-state index is 12.7. The number of benzene rings is 1. The number of anilines is 1. The van der Waals surface area contributed by atoms with Gasteiger partial charge in [-0.05, 0) is 24.6 Å². The Morgan fingerprint density at radius 2 is 1.88 bits per heavy atom. The summed E-state index contributed by atoms with van der Waals surface area (Å²) in [6.45, 7) is 4.25. The second-order valence-electron chi connectivity index (χ2n) is 6.32. The lowest BCUT2D eigenvalue weighted by atomic mass is 10.1. The van der Waals surface area contributed by atoms with E-state index in [-0.39, 0.29) is 24.3 Å². The SMILES string of the molecule is CCCCC(=O)N1CCN(C(=O)c2ccc3c(c2)NC(=O)CO3)CC1. The van der Waals surface area contributed by atoms with Crippen LogP contribution in [0.2, 0.25) is 0 Å². The van der Waals surface area contributed by atoms with Crippen molar-refractivity contribution in [1.29, 1.82) is 0 Å². The van der Waals surface area contributed by atoms with Gasteiger partial charge in [0, 0.05) is 38.2 Å². The van der Waals surface area contributed by atoms with E-state index in [0.717, 1.165) is 12.8 Å². The van der Waals surface area contributed by atoms with Crippen LogP contribution < -0.4 is 10.1 Å². The largest absolute Gasteiger partial charge is 0.482 e. The highest BCUT2D eigenvalue weighted by Gasteiger charge is 2.25. The summed E-state index contributed by atoms with van der Waals surface area (Å²) < 4.78 is 5.31. The van der Waals surface area contributed by atoms with Crippen molar-refractivity contribution in [3.63, 3.8) is 0 Å². The number of hydrogen-bond acceptors (Lipinski definition) is 4. The maximum absolute atomic E-state index is 12.7. The van der Waals surface area contributed by atoms with E-state index in [4.69, 9.17) is 4.74 Å². The second-order valence-corrected chi connectivity index (χ2v) is 6.32. The molecule has 0 aliphatic carbocycles. The molecular formula is C18H23N3O4. The highest BCUT2D eigenvalue weighted by molar-refractivity contribution is 6.00. The number of carbonyl (C=O) groups is 3. The van der Waals surface area contributed by atoms with Crippen LogP contribution in [0.4, 0.5) is 5.69 Å². The number of piperazine rings is 1. The molecule has 1 aromatic carbocycles. The van der Waals surface area contributed by atoms with Crippen molar-refractivity contribution in [2.24, 2.45) is 0 Å². The van der Waals surface area contributed by atoms with Gasteiger partial charge in [0.1, 0.15) is 5.75 Å². The van der Waals surface area contributed by atoms with Crippen molar-refractivity contribution >= 4 is 23.4 Å². The summed E-state index contributed by atoms with van der Waals surface area (Å²) in [5.74, 6) is 0.421. The van der Waals surface area contributed by atoms with Crippen LogP contribution in [0.5, 0.6) is 5.75 Å². The van der Waals surface area contributed by atoms with Crippen molar-refractivity contribution < 1.29 is 19.1 Å². The first kappa shape index (κ1) is 17.3. The van der Waals surface area contributed by atoms with Crippen LogP contribution in [-0.2, 0) is 9.59 Å². The Balaban J connectivity index is 1.60. The van der Waals surface area contributed by atoms with Crippen molar-refractivity contribution in [2.75, 3.05) is 38.1 Å². The minimum Gasteiger partial charge on any atom is -0.482 e. The van der Waals surface area contributed by atoms with Gasteiger partial charge in [-0.2, -0.15) is 0 Å². The van der Waals surface area contributed by atoms with E-state index < -0.39 is 0 Å². The van der Waals surface area contributed by atoms with Crippen LogP contribution in [0.1, 0.15) is 36.5 Å². The van der Waals surface area contributed by atoms with Gasteiger partial charge in [0.2, 0.25) is 5.91 Å². The molecule has 3 rings (SSSR count). The molecule has 1 aromatic rings. The Hall–Kier alpha value is -2.57. The summed E-state index contributed by atoms with van der Waals surface area (Å²) in [6, 6.07) is 5.05. The van der Waals surface area contributed by atoms with Gasteiger partial charge >= 0.3 is 0 Å². The second kappa shape index (κ2) is 7.55. The van der Waals surface area contributed by atoms with E-state index in [0.29, 0.717) is 49.6 Å². The topological polar surface area (TPSA) is 79.0 Å². The molecule has 0 saturated carbocycles. The van der Waals surface area contributed by atoms with Crippen LogP contribution in [0, 0.1) is 0 Å². The zero-order chi connectivity index (χ0) is 17.8. The minimum atomic E-state index is -0.226. The first-order valence-electron chi connectivity index (χ1n) is 8.72. The van der Waals surface area contributed by atoms with Crippen LogP contribution in [0.3, 0.4) is 0 Å². The first-order chi connectivity index (χ1) is 12.1. The lowest BCUT2D eigenvalue weighted by Gasteiger charge is -2.35. The Morgan fingerprint density at radius 1 is 1.16 bits per heavy atom. The molecular weight excluding hydrogens is 322 g/mol. The standard InChI is InChI=1S/C18H23N3O4/c1-2-3-4-17(23)20-7-9-21(10-8-20)18(24)13-5-6-15-14(11-13)19-16(22)12-25-15/h5-6,11H,2-4,7-10,12H2,1H3,(H,19,22). The quantitative estimate of drug-likeness (QED) is 0.897.